The molecule has 3 atom stereocenters. The van der Waals surface area contributed by atoms with Crippen LogP contribution < -0.4 is 16.2 Å². The maximum atomic E-state index is 3.70. The van der Waals surface area contributed by atoms with Crippen LogP contribution in [0, 0.1) is 5.92 Å². The molecule has 1 aromatic rings. The summed E-state index contributed by atoms with van der Waals surface area (Å²) in [6.45, 7) is 6.66. The Hall–Kier alpha value is -0.610. The van der Waals surface area contributed by atoms with Crippen LogP contribution in [0.15, 0.2) is 18.2 Å². The van der Waals surface area contributed by atoms with Gasteiger partial charge < -0.3 is 5.32 Å². The van der Waals surface area contributed by atoms with Crippen LogP contribution in [0.25, 0.3) is 0 Å². The van der Waals surface area contributed by atoms with Gasteiger partial charge in [0.2, 0.25) is 0 Å². The number of fused-ring (bicyclic) bond motifs is 1. The van der Waals surface area contributed by atoms with Crippen LogP contribution >= 0.6 is 12.4 Å². The number of aryl methyl sites for hydroxylation is 2. The van der Waals surface area contributed by atoms with E-state index >= 15 is 0 Å². The largest absolute Gasteiger partial charge is 0.310 e. The molecule has 1 heterocycles. The molecule has 21 heavy (non-hydrogen) atoms. The average molecular weight is 310 g/mol. The fourth-order valence-corrected chi connectivity index (χ4v) is 3.36. The van der Waals surface area contributed by atoms with E-state index in [1.807, 2.05) is 0 Å². The van der Waals surface area contributed by atoms with Crippen LogP contribution in [0.3, 0.4) is 0 Å². The first-order chi connectivity index (χ1) is 9.74. The second kappa shape index (κ2) is 7.59. The Morgan fingerprint density at radius 3 is 2.71 bits per heavy atom. The molecule has 3 nitrogen and oxygen atoms in total. The van der Waals surface area contributed by atoms with Crippen molar-refractivity contribution in [2.24, 2.45) is 5.92 Å². The van der Waals surface area contributed by atoms with Crippen molar-refractivity contribution < 1.29 is 0 Å². The van der Waals surface area contributed by atoms with Crippen LogP contribution in [0.2, 0.25) is 0 Å². The van der Waals surface area contributed by atoms with Crippen molar-refractivity contribution in [2.75, 3.05) is 13.1 Å². The van der Waals surface area contributed by atoms with E-state index < -0.39 is 0 Å². The Labute approximate surface area is 134 Å². The highest BCUT2D eigenvalue weighted by Gasteiger charge is 2.23. The Kier molecular flexibility index (Phi) is 6.06. The molecule has 4 heteroatoms. The fraction of sp³-hybridized carbons (Fsp3) is 0.647. The lowest BCUT2D eigenvalue weighted by Crippen LogP contribution is -2.33. The molecule has 0 radical (unpaired) electrons. The predicted molar refractivity (Wildman–Crippen MR) is 90.8 cm³/mol. The van der Waals surface area contributed by atoms with Crippen LogP contribution in [0.1, 0.15) is 49.4 Å². The van der Waals surface area contributed by atoms with Crippen molar-refractivity contribution in [3.05, 3.63) is 34.9 Å². The van der Waals surface area contributed by atoms with Gasteiger partial charge in [0.15, 0.2) is 0 Å². The molecule has 0 saturated carbocycles. The number of hydrazine groups is 1. The third kappa shape index (κ3) is 3.98. The molecule has 118 valence electrons. The second-order valence-electron chi connectivity index (χ2n) is 6.44. The molecular formula is C17H28ClN3. The summed E-state index contributed by atoms with van der Waals surface area (Å²) in [5, 5.41) is 3.70. The molecule has 2 aliphatic rings. The fourth-order valence-electron chi connectivity index (χ4n) is 3.36. The second-order valence-corrected chi connectivity index (χ2v) is 6.44. The van der Waals surface area contributed by atoms with Gasteiger partial charge in [0.25, 0.3) is 0 Å². The summed E-state index contributed by atoms with van der Waals surface area (Å²) in [6, 6.07) is 8.09. The van der Waals surface area contributed by atoms with Crippen molar-refractivity contribution in [1.82, 2.24) is 16.2 Å². The van der Waals surface area contributed by atoms with E-state index in [0.717, 1.165) is 13.1 Å². The van der Waals surface area contributed by atoms with E-state index in [9.17, 15) is 0 Å². The number of rotatable bonds is 4. The zero-order valence-electron chi connectivity index (χ0n) is 13.1. The summed E-state index contributed by atoms with van der Waals surface area (Å²) in [6.07, 6.45) is 5.26. The van der Waals surface area contributed by atoms with E-state index in [-0.39, 0.29) is 12.4 Å². The topological polar surface area (TPSA) is 36.1 Å². The summed E-state index contributed by atoms with van der Waals surface area (Å²) in [7, 11) is 0. The summed E-state index contributed by atoms with van der Waals surface area (Å²) in [4.78, 5) is 0. The third-order valence-electron chi connectivity index (χ3n) is 4.96. The Balaban J connectivity index is 0.00000161. The summed E-state index contributed by atoms with van der Waals surface area (Å²) in [5.41, 5.74) is 11.1. The number of benzene rings is 1. The van der Waals surface area contributed by atoms with Gasteiger partial charge in [0, 0.05) is 31.1 Å². The van der Waals surface area contributed by atoms with Crippen molar-refractivity contribution in [2.45, 2.75) is 51.6 Å². The van der Waals surface area contributed by atoms with Gasteiger partial charge in [-0.2, -0.15) is 0 Å². The van der Waals surface area contributed by atoms with Crippen LogP contribution in [-0.4, -0.2) is 19.1 Å². The van der Waals surface area contributed by atoms with Gasteiger partial charge in [-0.25, -0.2) is 0 Å². The van der Waals surface area contributed by atoms with Gasteiger partial charge >= 0.3 is 0 Å². The lowest BCUT2D eigenvalue weighted by atomic mass is 9.89. The molecule has 1 aliphatic heterocycles. The Morgan fingerprint density at radius 2 is 2.00 bits per heavy atom. The van der Waals surface area contributed by atoms with E-state index in [2.05, 4.69) is 48.2 Å². The first-order valence-electron chi connectivity index (χ1n) is 8.07. The normalized spacial score (nSPS) is 26.0. The molecule has 3 unspecified atom stereocenters. The van der Waals surface area contributed by atoms with Crippen molar-refractivity contribution in [3.8, 4) is 0 Å². The summed E-state index contributed by atoms with van der Waals surface area (Å²) < 4.78 is 0. The first-order valence-corrected chi connectivity index (χ1v) is 8.07. The number of hydrogen-bond acceptors (Lipinski definition) is 3. The Morgan fingerprint density at radius 1 is 1.24 bits per heavy atom. The lowest BCUT2D eigenvalue weighted by Gasteiger charge is -2.22. The zero-order valence-corrected chi connectivity index (χ0v) is 13.9. The van der Waals surface area contributed by atoms with Gasteiger partial charge in [-0.15, -0.1) is 12.4 Å². The molecule has 3 rings (SSSR count). The van der Waals surface area contributed by atoms with Crippen LogP contribution in [0.4, 0.5) is 0 Å². The Bertz CT molecular complexity index is 463. The molecular weight excluding hydrogens is 282 g/mol. The van der Waals surface area contributed by atoms with Crippen molar-refractivity contribution in [1.29, 1.82) is 0 Å². The highest BCUT2D eigenvalue weighted by atomic mass is 35.5. The molecule has 0 aromatic heterocycles. The molecule has 0 amide bonds. The minimum absolute atomic E-state index is 0. The van der Waals surface area contributed by atoms with E-state index in [1.54, 1.807) is 11.1 Å². The first kappa shape index (κ1) is 16.8. The average Bonchev–Trinajstić information content (AvgIpc) is 2.89. The quantitative estimate of drug-likeness (QED) is 0.800. The monoisotopic (exact) mass is 309 g/mol. The van der Waals surface area contributed by atoms with Gasteiger partial charge in [0.05, 0.1) is 0 Å². The molecule has 1 aliphatic carbocycles. The van der Waals surface area contributed by atoms with Gasteiger partial charge in [-0.1, -0.05) is 18.2 Å². The van der Waals surface area contributed by atoms with Crippen molar-refractivity contribution >= 4 is 12.4 Å². The van der Waals surface area contributed by atoms with E-state index in [1.165, 1.54) is 31.2 Å². The highest BCUT2D eigenvalue weighted by molar-refractivity contribution is 5.85. The smallest absolute Gasteiger partial charge is 0.0292 e. The third-order valence-corrected chi connectivity index (χ3v) is 4.96. The molecule has 3 N–H and O–H groups in total. The van der Waals surface area contributed by atoms with Gasteiger partial charge in [-0.3, -0.25) is 10.9 Å². The molecule has 0 bridgehead atoms. The zero-order chi connectivity index (χ0) is 13.9. The minimum atomic E-state index is 0. The SMILES string of the molecule is CC(NCC1CNNC1C)c1ccc2c(c1)CCCC2.Cl. The molecule has 1 aromatic carbocycles. The molecule has 1 saturated heterocycles. The summed E-state index contributed by atoms with van der Waals surface area (Å²) >= 11 is 0. The number of nitrogens with one attached hydrogen (secondary N) is 3. The van der Waals surface area contributed by atoms with Crippen LogP contribution in [-0.2, 0) is 12.8 Å². The van der Waals surface area contributed by atoms with E-state index in [4.69, 9.17) is 0 Å². The number of hydrogen-bond donors (Lipinski definition) is 3. The summed E-state index contributed by atoms with van der Waals surface area (Å²) in [5.74, 6) is 0.676. The maximum absolute atomic E-state index is 3.70. The predicted octanol–water partition coefficient (Wildman–Crippen LogP) is 2.75. The molecule has 1 fully saturated rings. The lowest BCUT2D eigenvalue weighted by molar-refractivity contribution is 0.428. The molecule has 0 spiro atoms. The number of halogens is 1. The minimum Gasteiger partial charge on any atom is -0.310 e. The van der Waals surface area contributed by atoms with E-state index in [0.29, 0.717) is 18.0 Å². The van der Waals surface area contributed by atoms with Crippen LogP contribution in [0.5, 0.6) is 0 Å². The maximum Gasteiger partial charge on any atom is 0.0292 e. The van der Waals surface area contributed by atoms with Gasteiger partial charge in [0.1, 0.15) is 0 Å². The standard InChI is InChI=1S/C17H27N3.ClH/c1-12(18-10-17-11-19-20-13(17)2)15-8-7-14-5-3-4-6-16(14)9-15;/h7-9,12-13,17-20H,3-6,10-11H2,1-2H3;1H. The van der Waals surface area contributed by atoms with Crippen molar-refractivity contribution in [3.63, 3.8) is 0 Å². The van der Waals surface area contributed by atoms with Gasteiger partial charge in [-0.05, 0) is 56.2 Å². The highest BCUT2D eigenvalue weighted by Crippen LogP contribution is 2.24.